The predicted molar refractivity (Wildman–Crippen MR) is 70.7 cm³/mol. The molecule has 0 unspecified atom stereocenters. The van der Waals surface area contributed by atoms with E-state index in [0.717, 1.165) is 17.0 Å². The Kier molecular flexibility index (Phi) is 2.74. The maximum atomic E-state index is 5.23. The summed E-state index contributed by atoms with van der Waals surface area (Å²) in [4.78, 5) is 8.74. The van der Waals surface area contributed by atoms with Crippen molar-refractivity contribution >= 4 is 0 Å². The Morgan fingerprint density at radius 1 is 1.17 bits per heavy atom. The van der Waals surface area contributed by atoms with Crippen LogP contribution in [0.2, 0.25) is 0 Å². The van der Waals surface area contributed by atoms with Crippen molar-refractivity contribution in [2.75, 3.05) is 7.11 Å². The SMILES string of the molecule is COc1ccc(-c2cc(C3CC3)ncn2)c(C)c1. The van der Waals surface area contributed by atoms with Crippen LogP contribution in [0.25, 0.3) is 11.3 Å². The smallest absolute Gasteiger partial charge is 0.119 e. The molecule has 1 aliphatic rings. The first kappa shape index (κ1) is 11.2. The van der Waals surface area contributed by atoms with Crippen LogP contribution < -0.4 is 4.74 Å². The van der Waals surface area contributed by atoms with Gasteiger partial charge in [-0.25, -0.2) is 9.97 Å². The summed E-state index contributed by atoms with van der Waals surface area (Å²) in [6.07, 6.45) is 4.20. The van der Waals surface area contributed by atoms with Gasteiger partial charge in [0.25, 0.3) is 0 Å². The zero-order valence-electron chi connectivity index (χ0n) is 10.7. The Bertz CT molecular complexity index is 576. The second-order valence-corrected chi connectivity index (χ2v) is 4.78. The first-order chi connectivity index (χ1) is 8.78. The van der Waals surface area contributed by atoms with Gasteiger partial charge in [0.15, 0.2) is 0 Å². The molecule has 0 aliphatic heterocycles. The van der Waals surface area contributed by atoms with E-state index in [4.69, 9.17) is 4.74 Å². The van der Waals surface area contributed by atoms with E-state index in [9.17, 15) is 0 Å². The lowest BCUT2D eigenvalue weighted by Crippen LogP contribution is -1.93. The topological polar surface area (TPSA) is 35.0 Å². The molecule has 1 aromatic carbocycles. The van der Waals surface area contributed by atoms with E-state index in [0.29, 0.717) is 5.92 Å². The molecule has 1 fully saturated rings. The molecule has 0 bridgehead atoms. The van der Waals surface area contributed by atoms with Crippen molar-refractivity contribution in [1.82, 2.24) is 9.97 Å². The second kappa shape index (κ2) is 4.41. The van der Waals surface area contributed by atoms with E-state index in [1.54, 1.807) is 13.4 Å². The van der Waals surface area contributed by atoms with Gasteiger partial charge in [0, 0.05) is 17.2 Å². The number of aromatic nitrogens is 2. The maximum absolute atomic E-state index is 5.23. The fourth-order valence-electron chi connectivity index (χ4n) is 2.17. The van der Waals surface area contributed by atoms with Crippen molar-refractivity contribution in [3.63, 3.8) is 0 Å². The van der Waals surface area contributed by atoms with E-state index >= 15 is 0 Å². The van der Waals surface area contributed by atoms with E-state index in [-0.39, 0.29) is 0 Å². The highest BCUT2D eigenvalue weighted by Gasteiger charge is 2.25. The quantitative estimate of drug-likeness (QED) is 0.825. The van der Waals surface area contributed by atoms with Crippen molar-refractivity contribution in [3.05, 3.63) is 41.9 Å². The average Bonchev–Trinajstić information content (AvgIpc) is 3.23. The van der Waals surface area contributed by atoms with Crippen LogP contribution in [0.15, 0.2) is 30.6 Å². The van der Waals surface area contributed by atoms with Gasteiger partial charge in [-0.05, 0) is 49.6 Å². The molecular weight excluding hydrogens is 224 g/mol. The molecule has 0 saturated heterocycles. The molecule has 0 spiro atoms. The molecule has 18 heavy (non-hydrogen) atoms. The standard InChI is InChI=1S/C15H16N2O/c1-10-7-12(18-2)5-6-13(10)15-8-14(11-3-4-11)16-9-17-15/h5-9,11H,3-4H2,1-2H3. The van der Waals surface area contributed by atoms with Gasteiger partial charge in [-0.3, -0.25) is 0 Å². The third-order valence-corrected chi connectivity index (χ3v) is 3.39. The molecular formula is C15H16N2O. The van der Waals surface area contributed by atoms with Crippen LogP contribution in [-0.2, 0) is 0 Å². The summed E-state index contributed by atoms with van der Waals surface area (Å²) < 4.78 is 5.23. The number of nitrogens with zero attached hydrogens (tertiary/aromatic N) is 2. The second-order valence-electron chi connectivity index (χ2n) is 4.78. The van der Waals surface area contributed by atoms with Gasteiger partial charge < -0.3 is 4.74 Å². The average molecular weight is 240 g/mol. The Morgan fingerprint density at radius 3 is 2.67 bits per heavy atom. The number of hydrogen-bond acceptors (Lipinski definition) is 3. The summed E-state index contributed by atoms with van der Waals surface area (Å²) in [5.41, 5.74) is 4.51. The number of aryl methyl sites for hydroxylation is 1. The molecule has 1 saturated carbocycles. The van der Waals surface area contributed by atoms with Crippen LogP contribution in [0.1, 0.15) is 30.0 Å². The highest BCUT2D eigenvalue weighted by Crippen LogP contribution is 2.39. The van der Waals surface area contributed by atoms with Crippen molar-refractivity contribution < 1.29 is 4.74 Å². The molecule has 0 atom stereocenters. The summed E-state index contributed by atoms with van der Waals surface area (Å²) in [6, 6.07) is 8.19. The highest BCUT2D eigenvalue weighted by atomic mass is 16.5. The molecule has 1 heterocycles. The van der Waals surface area contributed by atoms with Gasteiger partial charge in [-0.15, -0.1) is 0 Å². The number of rotatable bonds is 3. The fraction of sp³-hybridized carbons (Fsp3) is 0.333. The predicted octanol–water partition coefficient (Wildman–Crippen LogP) is 3.34. The minimum atomic E-state index is 0.658. The van der Waals surface area contributed by atoms with E-state index in [2.05, 4.69) is 29.0 Å². The molecule has 92 valence electrons. The molecule has 0 amide bonds. The van der Waals surface area contributed by atoms with E-state index < -0.39 is 0 Å². The first-order valence-electron chi connectivity index (χ1n) is 6.25. The summed E-state index contributed by atoms with van der Waals surface area (Å²) in [5, 5.41) is 0. The van der Waals surface area contributed by atoms with Crippen LogP contribution in [0.3, 0.4) is 0 Å². The lowest BCUT2D eigenvalue weighted by atomic mass is 10.0. The van der Waals surface area contributed by atoms with Gasteiger partial charge in [0.2, 0.25) is 0 Å². The Hall–Kier alpha value is -1.90. The maximum Gasteiger partial charge on any atom is 0.119 e. The van der Waals surface area contributed by atoms with Crippen LogP contribution in [0.5, 0.6) is 5.75 Å². The Balaban J connectivity index is 2.00. The fourth-order valence-corrected chi connectivity index (χ4v) is 2.17. The summed E-state index contributed by atoms with van der Waals surface area (Å²) in [7, 11) is 1.68. The van der Waals surface area contributed by atoms with Crippen molar-refractivity contribution in [2.24, 2.45) is 0 Å². The lowest BCUT2D eigenvalue weighted by molar-refractivity contribution is 0.414. The van der Waals surface area contributed by atoms with Crippen molar-refractivity contribution in [1.29, 1.82) is 0 Å². The highest BCUT2D eigenvalue weighted by molar-refractivity contribution is 5.64. The van der Waals surface area contributed by atoms with Crippen LogP contribution in [0, 0.1) is 6.92 Å². The summed E-state index contributed by atoms with van der Waals surface area (Å²) in [5.74, 6) is 1.54. The lowest BCUT2D eigenvalue weighted by Gasteiger charge is -2.08. The van der Waals surface area contributed by atoms with E-state index in [1.807, 2.05) is 12.1 Å². The van der Waals surface area contributed by atoms with E-state index in [1.165, 1.54) is 24.1 Å². The molecule has 0 N–H and O–H groups in total. The molecule has 2 aromatic rings. The minimum Gasteiger partial charge on any atom is -0.497 e. The number of ether oxygens (including phenoxy) is 1. The van der Waals surface area contributed by atoms with Gasteiger partial charge in [0.1, 0.15) is 12.1 Å². The van der Waals surface area contributed by atoms with Crippen molar-refractivity contribution in [3.8, 4) is 17.0 Å². The largest absolute Gasteiger partial charge is 0.497 e. The Morgan fingerprint density at radius 2 is 2.00 bits per heavy atom. The summed E-state index contributed by atoms with van der Waals surface area (Å²) >= 11 is 0. The van der Waals surface area contributed by atoms with Crippen LogP contribution >= 0.6 is 0 Å². The summed E-state index contributed by atoms with van der Waals surface area (Å²) in [6.45, 7) is 2.08. The first-order valence-corrected chi connectivity index (χ1v) is 6.25. The number of benzene rings is 1. The molecule has 0 radical (unpaired) electrons. The molecule has 1 aromatic heterocycles. The van der Waals surface area contributed by atoms with Gasteiger partial charge in [-0.1, -0.05) is 0 Å². The van der Waals surface area contributed by atoms with Crippen molar-refractivity contribution in [2.45, 2.75) is 25.7 Å². The molecule has 3 heteroatoms. The molecule has 3 nitrogen and oxygen atoms in total. The van der Waals surface area contributed by atoms with Crippen LogP contribution in [0.4, 0.5) is 0 Å². The van der Waals surface area contributed by atoms with Gasteiger partial charge in [0.05, 0.1) is 12.8 Å². The van der Waals surface area contributed by atoms with Crippen LogP contribution in [-0.4, -0.2) is 17.1 Å². The third-order valence-electron chi connectivity index (χ3n) is 3.39. The zero-order valence-corrected chi connectivity index (χ0v) is 10.7. The molecule has 3 rings (SSSR count). The number of hydrogen-bond donors (Lipinski definition) is 0. The molecule has 1 aliphatic carbocycles. The minimum absolute atomic E-state index is 0.658. The third kappa shape index (κ3) is 2.08. The normalized spacial score (nSPS) is 14.6. The monoisotopic (exact) mass is 240 g/mol. The van der Waals surface area contributed by atoms with Gasteiger partial charge in [-0.2, -0.15) is 0 Å². The van der Waals surface area contributed by atoms with Gasteiger partial charge >= 0.3 is 0 Å². The number of methoxy groups -OCH3 is 1. The Labute approximate surface area is 107 Å². The zero-order chi connectivity index (χ0) is 12.5.